The summed E-state index contributed by atoms with van der Waals surface area (Å²) in [6.07, 6.45) is 6.66. The smallest absolute Gasteiger partial charge is 0.00388 e. The molecule has 9 heavy (non-hydrogen) atoms. The lowest BCUT2D eigenvalue weighted by Gasteiger charge is -2.15. The highest BCUT2D eigenvalue weighted by Gasteiger charge is 2.06. The van der Waals surface area contributed by atoms with Crippen LogP contribution in [-0.4, -0.2) is 11.0 Å². The van der Waals surface area contributed by atoms with Crippen LogP contribution < -0.4 is 5.73 Å². The van der Waals surface area contributed by atoms with Crippen LogP contribution in [0.3, 0.4) is 0 Å². The molecule has 0 aromatic rings. The highest BCUT2D eigenvalue weighted by Crippen LogP contribution is 2.14. The molecule has 0 bridgehead atoms. The molecule has 1 aliphatic rings. The average Bonchev–Trinajstić information content (AvgIpc) is 1.94. The molecule has 2 N–H and O–H groups in total. The predicted molar refractivity (Wildman–Crippen MR) is 51.0 cm³/mol. The van der Waals surface area contributed by atoms with Crippen LogP contribution in [0.4, 0.5) is 0 Å². The fourth-order valence-corrected chi connectivity index (χ4v) is 1.13. The quantitative estimate of drug-likeness (QED) is 0.511. The van der Waals surface area contributed by atoms with E-state index in [0.717, 1.165) is 0 Å². The highest BCUT2D eigenvalue weighted by molar-refractivity contribution is 14.1. The molecular weight excluding hydrogens is 225 g/mol. The lowest BCUT2D eigenvalue weighted by atomic mass is 9.97. The standard InChI is InChI=1S/C6H13N.CH3I/c7-6-4-2-1-3-5-6;1-2/h6H,1-5,7H2;1H3. The van der Waals surface area contributed by atoms with Crippen molar-refractivity contribution in [3.8, 4) is 0 Å². The van der Waals surface area contributed by atoms with Gasteiger partial charge in [0.25, 0.3) is 0 Å². The number of alkyl halides is 1. The molecule has 1 saturated carbocycles. The summed E-state index contributed by atoms with van der Waals surface area (Å²) in [4.78, 5) is 1.97. The lowest BCUT2D eigenvalue weighted by molar-refractivity contribution is 0.441. The molecule has 0 amide bonds. The third kappa shape index (κ3) is 5.15. The van der Waals surface area contributed by atoms with E-state index in [1.54, 1.807) is 0 Å². The Kier molecular flexibility index (Phi) is 7.33. The van der Waals surface area contributed by atoms with E-state index in [2.05, 4.69) is 22.6 Å². The zero-order valence-corrected chi connectivity index (χ0v) is 8.23. The summed E-state index contributed by atoms with van der Waals surface area (Å²) in [5, 5.41) is 0. The fraction of sp³-hybridized carbons (Fsp3) is 1.00. The molecule has 1 rings (SSSR count). The van der Waals surface area contributed by atoms with Gasteiger partial charge >= 0.3 is 0 Å². The van der Waals surface area contributed by atoms with Crippen LogP contribution in [0.2, 0.25) is 0 Å². The van der Waals surface area contributed by atoms with E-state index in [4.69, 9.17) is 5.73 Å². The van der Waals surface area contributed by atoms with Crippen LogP contribution in [0.15, 0.2) is 0 Å². The summed E-state index contributed by atoms with van der Waals surface area (Å²) in [5.41, 5.74) is 5.63. The van der Waals surface area contributed by atoms with E-state index in [9.17, 15) is 0 Å². The monoisotopic (exact) mass is 241 g/mol. The van der Waals surface area contributed by atoms with Gasteiger partial charge in [-0.1, -0.05) is 41.9 Å². The third-order valence-electron chi connectivity index (χ3n) is 1.65. The van der Waals surface area contributed by atoms with Crippen molar-refractivity contribution in [2.75, 3.05) is 4.93 Å². The van der Waals surface area contributed by atoms with Crippen molar-refractivity contribution < 1.29 is 0 Å². The van der Waals surface area contributed by atoms with Gasteiger partial charge < -0.3 is 5.73 Å². The van der Waals surface area contributed by atoms with E-state index in [0.29, 0.717) is 6.04 Å². The summed E-state index contributed by atoms with van der Waals surface area (Å²) in [6.45, 7) is 0. The largest absolute Gasteiger partial charge is 0.328 e. The summed E-state index contributed by atoms with van der Waals surface area (Å²) < 4.78 is 0. The first kappa shape index (κ1) is 9.69. The second-order valence-corrected chi connectivity index (χ2v) is 2.40. The summed E-state index contributed by atoms with van der Waals surface area (Å²) in [7, 11) is 0. The highest BCUT2D eigenvalue weighted by atomic mass is 127. The fourth-order valence-electron chi connectivity index (χ4n) is 1.13. The molecule has 1 nitrogen and oxygen atoms in total. The summed E-state index contributed by atoms with van der Waals surface area (Å²) in [6, 6.07) is 0.536. The van der Waals surface area contributed by atoms with Crippen LogP contribution in [0.5, 0.6) is 0 Å². The zero-order chi connectivity index (χ0) is 7.11. The molecule has 0 atom stereocenters. The topological polar surface area (TPSA) is 26.0 Å². The first-order valence-corrected chi connectivity index (χ1v) is 5.69. The number of halogens is 1. The average molecular weight is 241 g/mol. The molecule has 1 aliphatic carbocycles. The van der Waals surface area contributed by atoms with Gasteiger partial charge in [0.15, 0.2) is 0 Å². The Bertz CT molecular complexity index is 50.9. The van der Waals surface area contributed by atoms with E-state index >= 15 is 0 Å². The minimum atomic E-state index is 0.536. The normalized spacial score (nSPS) is 20.3. The maximum atomic E-state index is 5.63. The van der Waals surface area contributed by atoms with Crippen molar-refractivity contribution in [2.24, 2.45) is 5.73 Å². The molecule has 0 aromatic carbocycles. The van der Waals surface area contributed by atoms with E-state index in [1.165, 1.54) is 32.1 Å². The molecule has 2 heteroatoms. The van der Waals surface area contributed by atoms with Gasteiger partial charge in [0.2, 0.25) is 0 Å². The minimum absolute atomic E-state index is 0.536. The van der Waals surface area contributed by atoms with Crippen molar-refractivity contribution in [3.63, 3.8) is 0 Å². The van der Waals surface area contributed by atoms with E-state index in [-0.39, 0.29) is 0 Å². The Morgan fingerprint density at radius 3 is 1.78 bits per heavy atom. The molecule has 0 aromatic heterocycles. The number of hydrogen-bond acceptors (Lipinski definition) is 1. The second kappa shape index (κ2) is 6.81. The Labute approximate surface area is 71.5 Å². The van der Waals surface area contributed by atoms with Crippen molar-refractivity contribution in [1.29, 1.82) is 0 Å². The van der Waals surface area contributed by atoms with Gasteiger partial charge in [0.05, 0.1) is 0 Å². The maximum Gasteiger partial charge on any atom is 0.00388 e. The molecule has 56 valence electrons. The molecule has 0 unspecified atom stereocenters. The Hall–Kier alpha value is 0.690. The zero-order valence-electron chi connectivity index (χ0n) is 6.07. The molecule has 0 radical (unpaired) electrons. The van der Waals surface area contributed by atoms with Gasteiger partial charge in [-0.25, -0.2) is 0 Å². The second-order valence-electron chi connectivity index (χ2n) is 2.40. The van der Waals surface area contributed by atoms with Gasteiger partial charge in [-0.05, 0) is 17.8 Å². The van der Waals surface area contributed by atoms with Gasteiger partial charge in [-0.2, -0.15) is 0 Å². The first-order chi connectivity index (χ1) is 4.39. The van der Waals surface area contributed by atoms with Gasteiger partial charge in [-0.3, -0.25) is 0 Å². The minimum Gasteiger partial charge on any atom is -0.328 e. The molecule has 0 spiro atoms. The van der Waals surface area contributed by atoms with Crippen LogP contribution >= 0.6 is 22.6 Å². The molecule has 1 fully saturated rings. The maximum absolute atomic E-state index is 5.63. The predicted octanol–water partition coefficient (Wildman–Crippen LogP) is 2.33. The Morgan fingerprint density at radius 1 is 1.11 bits per heavy atom. The first-order valence-electron chi connectivity index (χ1n) is 3.53. The number of hydrogen-bond donors (Lipinski definition) is 1. The van der Waals surface area contributed by atoms with Gasteiger partial charge in [-0.15, -0.1) is 0 Å². The SMILES string of the molecule is CI.NC1CCCCC1. The van der Waals surface area contributed by atoms with Gasteiger partial charge in [0.1, 0.15) is 0 Å². The van der Waals surface area contributed by atoms with Crippen molar-refractivity contribution in [1.82, 2.24) is 0 Å². The third-order valence-corrected chi connectivity index (χ3v) is 1.65. The number of nitrogens with two attached hydrogens (primary N) is 1. The Balaban J connectivity index is 0.000000291. The van der Waals surface area contributed by atoms with Crippen LogP contribution in [0.1, 0.15) is 32.1 Å². The van der Waals surface area contributed by atoms with Gasteiger partial charge in [0, 0.05) is 6.04 Å². The molecule has 0 aliphatic heterocycles. The van der Waals surface area contributed by atoms with Crippen LogP contribution in [0, 0.1) is 0 Å². The van der Waals surface area contributed by atoms with Crippen LogP contribution in [-0.2, 0) is 0 Å². The van der Waals surface area contributed by atoms with Crippen LogP contribution in [0.25, 0.3) is 0 Å². The summed E-state index contributed by atoms with van der Waals surface area (Å²) >= 11 is 2.15. The van der Waals surface area contributed by atoms with E-state index < -0.39 is 0 Å². The molecule has 0 saturated heterocycles. The Morgan fingerprint density at radius 2 is 1.56 bits per heavy atom. The van der Waals surface area contributed by atoms with Crippen molar-refractivity contribution >= 4 is 22.6 Å². The summed E-state index contributed by atoms with van der Waals surface area (Å²) in [5.74, 6) is 0. The molecule has 0 heterocycles. The molecular formula is C7H16IN. The van der Waals surface area contributed by atoms with Crippen molar-refractivity contribution in [3.05, 3.63) is 0 Å². The van der Waals surface area contributed by atoms with Crippen molar-refractivity contribution in [2.45, 2.75) is 38.1 Å². The number of rotatable bonds is 0. The van der Waals surface area contributed by atoms with E-state index in [1.807, 2.05) is 4.93 Å². The lowest BCUT2D eigenvalue weighted by Crippen LogP contribution is -2.22.